The lowest BCUT2D eigenvalue weighted by molar-refractivity contribution is 0.302. The number of nitrogens with two attached hydrogens (primary N) is 1. The number of benzene rings is 2. The molecule has 100 valence electrons. The Morgan fingerprint density at radius 2 is 1.79 bits per heavy atom. The molecular formula is C16H18INO. The molecule has 0 aliphatic heterocycles. The molecule has 0 aliphatic rings. The molecule has 0 saturated carbocycles. The molecule has 0 aliphatic carbocycles. The first-order valence-electron chi connectivity index (χ1n) is 6.36. The lowest BCUT2D eigenvalue weighted by Gasteiger charge is -2.13. The van der Waals surface area contributed by atoms with Crippen LogP contribution < -0.4 is 10.5 Å². The Labute approximate surface area is 128 Å². The molecule has 1 atom stereocenters. The molecular weight excluding hydrogens is 349 g/mol. The molecule has 2 aromatic rings. The normalized spacial score (nSPS) is 12.2. The molecule has 2 aromatic carbocycles. The highest BCUT2D eigenvalue weighted by Crippen LogP contribution is 2.20. The van der Waals surface area contributed by atoms with Crippen LogP contribution in [-0.4, -0.2) is 6.04 Å². The number of halogens is 1. The molecule has 2 N–H and O–H groups in total. The van der Waals surface area contributed by atoms with Crippen molar-refractivity contribution in [2.24, 2.45) is 5.73 Å². The summed E-state index contributed by atoms with van der Waals surface area (Å²) in [6, 6.07) is 16.6. The lowest BCUT2D eigenvalue weighted by Crippen LogP contribution is -2.18. The van der Waals surface area contributed by atoms with Crippen molar-refractivity contribution in [3.05, 3.63) is 63.2 Å². The molecule has 19 heavy (non-hydrogen) atoms. The molecule has 0 heterocycles. The molecule has 0 aromatic heterocycles. The van der Waals surface area contributed by atoms with Crippen molar-refractivity contribution in [2.45, 2.75) is 26.0 Å². The van der Waals surface area contributed by atoms with Crippen molar-refractivity contribution in [3.63, 3.8) is 0 Å². The van der Waals surface area contributed by atoms with E-state index >= 15 is 0 Å². The molecule has 1 unspecified atom stereocenters. The third-order valence-corrected chi connectivity index (χ3v) is 3.54. The molecule has 0 radical (unpaired) electrons. The van der Waals surface area contributed by atoms with Crippen LogP contribution >= 0.6 is 22.6 Å². The zero-order valence-electron chi connectivity index (χ0n) is 11.0. The summed E-state index contributed by atoms with van der Waals surface area (Å²) < 4.78 is 7.14. The zero-order chi connectivity index (χ0) is 13.7. The van der Waals surface area contributed by atoms with Crippen LogP contribution in [0.1, 0.15) is 18.1 Å². The summed E-state index contributed by atoms with van der Waals surface area (Å²) in [5.41, 5.74) is 8.21. The Kier molecular flexibility index (Phi) is 5.22. The van der Waals surface area contributed by atoms with Gasteiger partial charge in [0.2, 0.25) is 0 Å². The summed E-state index contributed by atoms with van der Waals surface area (Å²) in [5.74, 6) is 0.929. The van der Waals surface area contributed by atoms with E-state index < -0.39 is 0 Å². The van der Waals surface area contributed by atoms with Crippen LogP contribution in [-0.2, 0) is 13.0 Å². The second-order valence-corrected chi connectivity index (χ2v) is 5.95. The third-order valence-electron chi connectivity index (χ3n) is 2.82. The van der Waals surface area contributed by atoms with E-state index in [1.54, 1.807) is 0 Å². The van der Waals surface area contributed by atoms with E-state index in [1.165, 1.54) is 14.7 Å². The van der Waals surface area contributed by atoms with E-state index in [4.69, 9.17) is 10.5 Å². The van der Waals surface area contributed by atoms with Crippen molar-refractivity contribution in [1.29, 1.82) is 0 Å². The Morgan fingerprint density at radius 3 is 2.47 bits per heavy atom. The van der Waals surface area contributed by atoms with Gasteiger partial charge < -0.3 is 10.5 Å². The molecule has 0 spiro atoms. The van der Waals surface area contributed by atoms with Gasteiger partial charge in [0.15, 0.2) is 0 Å². The van der Waals surface area contributed by atoms with Gasteiger partial charge in [-0.15, -0.1) is 0 Å². The predicted octanol–water partition coefficient (Wildman–Crippen LogP) is 3.76. The van der Waals surface area contributed by atoms with Crippen molar-refractivity contribution < 1.29 is 4.74 Å². The van der Waals surface area contributed by atoms with E-state index in [1.807, 2.05) is 25.1 Å². The Balaban J connectivity index is 2.04. The van der Waals surface area contributed by atoms with Crippen LogP contribution in [0.2, 0.25) is 0 Å². The van der Waals surface area contributed by atoms with Gasteiger partial charge in [-0.25, -0.2) is 0 Å². The smallest absolute Gasteiger partial charge is 0.123 e. The highest BCUT2D eigenvalue weighted by molar-refractivity contribution is 14.1. The van der Waals surface area contributed by atoms with E-state index in [-0.39, 0.29) is 6.04 Å². The van der Waals surface area contributed by atoms with Crippen LogP contribution in [0.4, 0.5) is 0 Å². The molecule has 2 nitrogen and oxygen atoms in total. The van der Waals surface area contributed by atoms with Gasteiger partial charge in [0.25, 0.3) is 0 Å². The fraction of sp³-hybridized carbons (Fsp3) is 0.250. The van der Waals surface area contributed by atoms with Crippen LogP contribution in [0.5, 0.6) is 5.75 Å². The maximum absolute atomic E-state index is 5.91. The lowest BCUT2D eigenvalue weighted by atomic mass is 10.1. The Morgan fingerprint density at radius 1 is 1.11 bits per heavy atom. The summed E-state index contributed by atoms with van der Waals surface area (Å²) in [6.45, 7) is 2.60. The minimum atomic E-state index is 0.142. The van der Waals surface area contributed by atoms with Crippen molar-refractivity contribution in [3.8, 4) is 5.75 Å². The van der Waals surface area contributed by atoms with Crippen LogP contribution in [0, 0.1) is 3.57 Å². The summed E-state index contributed by atoms with van der Waals surface area (Å²) in [7, 11) is 0. The molecule has 0 amide bonds. The van der Waals surface area contributed by atoms with E-state index in [0.29, 0.717) is 6.61 Å². The highest BCUT2D eigenvalue weighted by atomic mass is 127. The predicted molar refractivity (Wildman–Crippen MR) is 87.3 cm³/mol. The highest BCUT2D eigenvalue weighted by Gasteiger charge is 2.05. The van der Waals surface area contributed by atoms with E-state index in [0.717, 1.165) is 12.2 Å². The Hall–Kier alpha value is -1.07. The minimum absolute atomic E-state index is 0.142. The largest absolute Gasteiger partial charge is 0.489 e. The minimum Gasteiger partial charge on any atom is -0.489 e. The SMILES string of the molecule is CC(N)Cc1ccccc1OCc1ccc(I)cc1. The van der Waals surface area contributed by atoms with Gasteiger partial charge in [0, 0.05) is 9.61 Å². The van der Waals surface area contributed by atoms with Crippen LogP contribution in [0.3, 0.4) is 0 Å². The maximum atomic E-state index is 5.91. The fourth-order valence-corrected chi connectivity index (χ4v) is 2.26. The summed E-state index contributed by atoms with van der Waals surface area (Å²) in [5, 5.41) is 0. The standard InChI is InChI=1S/C16H18INO/c1-12(18)10-14-4-2-3-5-16(14)19-11-13-6-8-15(17)9-7-13/h2-9,12H,10-11,18H2,1H3. The van der Waals surface area contributed by atoms with Gasteiger partial charge in [0.05, 0.1) is 0 Å². The first-order valence-corrected chi connectivity index (χ1v) is 7.44. The van der Waals surface area contributed by atoms with Gasteiger partial charge in [-0.3, -0.25) is 0 Å². The quantitative estimate of drug-likeness (QED) is 0.817. The average Bonchev–Trinajstić information content (AvgIpc) is 2.39. The topological polar surface area (TPSA) is 35.2 Å². The summed E-state index contributed by atoms with van der Waals surface area (Å²) in [6.07, 6.45) is 0.836. The van der Waals surface area contributed by atoms with Gasteiger partial charge >= 0.3 is 0 Å². The van der Waals surface area contributed by atoms with Gasteiger partial charge in [-0.1, -0.05) is 30.3 Å². The van der Waals surface area contributed by atoms with Crippen LogP contribution in [0.25, 0.3) is 0 Å². The number of para-hydroxylation sites is 1. The average molecular weight is 367 g/mol. The van der Waals surface area contributed by atoms with Crippen molar-refractivity contribution in [1.82, 2.24) is 0 Å². The van der Waals surface area contributed by atoms with E-state index in [2.05, 4.69) is 52.9 Å². The molecule has 3 heteroatoms. The first-order chi connectivity index (χ1) is 9.15. The number of rotatable bonds is 5. The van der Waals surface area contributed by atoms with Gasteiger partial charge in [0.1, 0.15) is 12.4 Å². The van der Waals surface area contributed by atoms with Gasteiger partial charge in [-0.05, 0) is 65.3 Å². The zero-order valence-corrected chi connectivity index (χ0v) is 13.1. The number of hydrogen-bond donors (Lipinski definition) is 1. The molecule has 2 rings (SSSR count). The van der Waals surface area contributed by atoms with Gasteiger partial charge in [-0.2, -0.15) is 0 Å². The Bertz CT molecular complexity index is 523. The number of ether oxygens (including phenoxy) is 1. The van der Waals surface area contributed by atoms with Crippen molar-refractivity contribution in [2.75, 3.05) is 0 Å². The molecule has 0 saturated heterocycles. The number of hydrogen-bond acceptors (Lipinski definition) is 2. The monoisotopic (exact) mass is 367 g/mol. The van der Waals surface area contributed by atoms with Crippen LogP contribution in [0.15, 0.2) is 48.5 Å². The van der Waals surface area contributed by atoms with Crippen molar-refractivity contribution >= 4 is 22.6 Å². The summed E-state index contributed by atoms with van der Waals surface area (Å²) in [4.78, 5) is 0. The second kappa shape index (κ2) is 6.91. The third kappa shape index (κ3) is 4.51. The van der Waals surface area contributed by atoms with E-state index in [9.17, 15) is 0 Å². The maximum Gasteiger partial charge on any atom is 0.123 e. The second-order valence-electron chi connectivity index (χ2n) is 4.70. The molecule has 0 bridgehead atoms. The fourth-order valence-electron chi connectivity index (χ4n) is 1.90. The molecule has 0 fully saturated rings. The summed E-state index contributed by atoms with van der Waals surface area (Å²) >= 11 is 2.30. The first kappa shape index (κ1) is 14.3.